The van der Waals surface area contributed by atoms with Crippen LogP contribution in [-0.4, -0.2) is 72.8 Å². The van der Waals surface area contributed by atoms with E-state index in [2.05, 4.69) is 5.32 Å². The van der Waals surface area contributed by atoms with E-state index in [9.17, 15) is 14.4 Å². The fourth-order valence-electron chi connectivity index (χ4n) is 6.09. The third-order valence-electron chi connectivity index (χ3n) is 7.77. The number of urea groups is 1. The predicted molar refractivity (Wildman–Crippen MR) is 120 cm³/mol. The monoisotopic (exact) mass is 446 g/mol. The van der Waals surface area contributed by atoms with E-state index in [0.29, 0.717) is 31.2 Å². The molecule has 0 bridgehead atoms. The largest absolute Gasteiger partial charge is 0.348 e. The van der Waals surface area contributed by atoms with E-state index in [1.165, 1.54) is 0 Å². The first-order valence-electron chi connectivity index (χ1n) is 11.0. The van der Waals surface area contributed by atoms with Gasteiger partial charge in [0.15, 0.2) is 0 Å². The fraction of sp³-hybridized carbons (Fsp3) is 0.609. The van der Waals surface area contributed by atoms with Crippen molar-refractivity contribution in [2.75, 3.05) is 45.6 Å². The van der Waals surface area contributed by atoms with Gasteiger partial charge in [-0.2, -0.15) is 0 Å². The van der Waals surface area contributed by atoms with Crippen molar-refractivity contribution in [1.82, 2.24) is 14.7 Å². The summed E-state index contributed by atoms with van der Waals surface area (Å²) in [4.78, 5) is 43.5. The van der Waals surface area contributed by atoms with Gasteiger partial charge in [-0.25, -0.2) is 4.79 Å². The van der Waals surface area contributed by atoms with E-state index in [-0.39, 0.29) is 29.2 Å². The molecule has 2 heterocycles. The van der Waals surface area contributed by atoms with Gasteiger partial charge in [0.25, 0.3) is 0 Å². The second-order valence-corrected chi connectivity index (χ2v) is 10.0. The molecule has 2 atom stereocenters. The molecule has 2 aliphatic heterocycles. The van der Waals surface area contributed by atoms with E-state index in [1.54, 1.807) is 50.2 Å². The summed E-state index contributed by atoms with van der Waals surface area (Å²) in [6.45, 7) is 4.06. The van der Waals surface area contributed by atoms with Gasteiger partial charge in [0, 0.05) is 57.9 Å². The van der Waals surface area contributed by atoms with Gasteiger partial charge in [-0.1, -0.05) is 11.6 Å². The lowest BCUT2D eigenvalue weighted by Crippen LogP contribution is -2.50. The van der Waals surface area contributed by atoms with Crippen molar-refractivity contribution in [3.63, 3.8) is 0 Å². The Morgan fingerprint density at radius 1 is 1.03 bits per heavy atom. The quantitative estimate of drug-likeness (QED) is 0.757. The van der Waals surface area contributed by atoms with Gasteiger partial charge in [0.1, 0.15) is 0 Å². The highest BCUT2D eigenvalue weighted by Crippen LogP contribution is 2.62. The van der Waals surface area contributed by atoms with Crippen molar-refractivity contribution in [2.45, 2.75) is 32.6 Å². The summed E-state index contributed by atoms with van der Waals surface area (Å²) in [5.74, 6) is 0.330. The van der Waals surface area contributed by atoms with Crippen LogP contribution in [0, 0.1) is 16.7 Å². The maximum absolute atomic E-state index is 13.2. The van der Waals surface area contributed by atoms with Crippen molar-refractivity contribution >= 4 is 35.1 Å². The Labute approximate surface area is 188 Å². The van der Waals surface area contributed by atoms with Gasteiger partial charge in [-0.15, -0.1) is 0 Å². The first kappa shape index (κ1) is 21.9. The van der Waals surface area contributed by atoms with Gasteiger partial charge in [-0.3, -0.25) is 9.59 Å². The average Bonchev–Trinajstić information content (AvgIpc) is 3.27. The molecule has 1 aromatic rings. The first-order valence-corrected chi connectivity index (χ1v) is 11.3. The zero-order valence-corrected chi connectivity index (χ0v) is 19.2. The summed E-state index contributed by atoms with van der Waals surface area (Å²) in [7, 11) is 3.61. The van der Waals surface area contributed by atoms with Crippen molar-refractivity contribution in [3.05, 3.63) is 29.3 Å². The smallest absolute Gasteiger partial charge is 0.321 e. The lowest BCUT2D eigenvalue weighted by Gasteiger charge is -2.44. The number of carbonyl (C=O) groups is 3. The Morgan fingerprint density at radius 3 is 2.26 bits per heavy atom. The molecular formula is C23H31ClN4O3. The number of fused-ring (bicyclic) bond motifs is 2. The molecule has 3 fully saturated rings. The zero-order valence-electron chi connectivity index (χ0n) is 18.5. The molecule has 4 rings (SSSR count). The van der Waals surface area contributed by atoms with Gasteiger partial charge < -0.3 is 20.0 Å². The number of piperidine rings is 1. The van der Waals surface area contributed by atoms with Crippen LogP contribution in [0.4, 0.5) is 10.5 Å². The van der Waals surface area contributed by atoms with E-state index in [1.807, 2.05) is 9.80 Å². The Hall–Kier alpha value is -2.28. The van der Waals surface area contributed by atoms with Gasteiger partial charge in [-0.05, 0) is 61.3 Å². The number of benzene rings is 1. The summed E-state index contributed by atoms with van der Waals surface area (Å²) >= 11 is 5.92. The summed E-state index contributed by atoms with van der Waals surface area (Å²) in [5.41, 5.74) is 0.245. The highest BCUT2D eigenvalue weighted by molar-refractivity contribution is 6.30. The standard InChI is InChI=1S/C23H31ClN4O3/c1-16(29)28-14-19-22(8-9-23(19,15-28)20(30)26(2)3)10-12-27(13-11-22)21(31)25-18-6-4-17(24)5-7-18/h4-7,19H,8-15H2,1-3H3,(H,25,31)/t19-,23+/m1/s1. The SMILES string of the molecule is CC(=O)N1C[C@@H]2C3(CCN(C(=O)Nc4ccc(Cl)cc4)CC3)CC[C@]2(C(=O)N(C)C)C1. The molecule has 0 aromatic heterocycles. The molecule has 0 unspecified atom stereocenters. The van der Waals surface area contributed by atoms with Gasteiger partial charge in [0.2, 0.25) is 11.8 Å². The molecule has 1 N–H and O–H groups in total. The topological polar surface area (TPSA) is 73.0 Å². The summed E-state index contributed by atoms with van der Waals surface area (Å²) < 4.78 is 0. The molecule has 2 saturated heterocycles. The van der Waals surface area contributed by atoms with Crippen molar-refractivity contribution < 1.29 is 14.4 Å². The Balaban J connectivity index is 1.47. The van der Waals surface area contributed by atoms with Crippen LogP contribution in [0.25, 0.3) is 0 Å². The number of nitrogens with one attached hydrogen (secondary N) is 1. The number of rotatable bonds is 2. The number of halogens is 1. The number of hydrogen-bond acceptors (Lipinski definition) is 3. The number of anilines is 1. The van der Waals surface area contributed by atoms with Crippen LogP contribution in [-0.2, 0) is 9.59 Å². The molecule has 0 radical (unpaired) electrons. The highest BCUT2D eigenvalue weighted by Gasteiger charge is 2.65. The van der Waals surface area contributed by atoms with Crippen LogP contribution in [0.5, 0.6) is 0 Å². The minimum absolute atomic E-state index is 0.00687. The molecule has 1 aliphatic carbocycles. The second-order valence-electron chi connectivity index (χ2n) is 9.59. The molecule has 7 nitrogen and oxygen atoms in total. The van der Waals surface area contributed by atoms with Crippen molar-refractivity contribution in [2.24, 2.45) is 16.7 Å². The maximum atomic E-state index is 13.2. The van der Waals surface area contributed by atoms with Gasteiger partial charge in [0.05, 0.1) is 5.41 Å². The minimum atomic E-state index is -0.483. The molecule has 4 amide bonds. The van der Waals surface area contributed by atoms with Crippen LogP contribution >= 0.6 is 11.6 Å². The van der Waals surface area contributed by atoms with E-state index in [0.717, 1.165) is 31.4 Å². The summed E-state index contributed by atoms with van der Waals surface area (Å²) in [5, 5.41) is 3.57. The van der Waals surface area contributed by atoms with Crippen LogP contribution in [0.1, 0.15) is 32.6 Å². The van der Waals surface area contributed by atoms with Crippen LogP contribution in [0.2, 0.25) is 5.02 Å². The van der Waals surface area contributed by atoms with Crippen LogP contribution < -0.4 is 5.32 Å². The first-order chi connectivity index (χ1) is 14.7. The third kappa shape index (κ3) is 3.77. The number of nitrogens with zero attached hydrogens (tertiary/aromatic N) is 3. The molecule has 1 spiro atoms. The molecule has 3 aliphatic rings. The lowest BCUT2D eigenvalue weighted by atomic mass is 9.65. The van der Waals surface area contributed by atoms with Crippen molar-refractivity contribution in [1.29, 1.82) is 0 Å². The minimum Gasteiger partial charge on any atom is -0.348 e. The number of amides is 4. The molecule has 1 saturated carbocycles. The average molecular weight is 447 g/mol. The molecular weight excluding hydrogens is 416 g/mol. The lowest BCUT2D eigenvalue weighted by molar-refractivity contribution is -0.141. The van der Waals surface area contributed by atoms with Crippen LogP contribution in [0.3, 0.4) is 0 Å². The Kier molecular flexibility index (Phi) is 5.66. The fourth-order valence-corrected chi connectivity index (χ4v) is 6.21. The molecule has 1 aromatic carbocycles. The summed E-state index contributed by atoms with van der Waals surface area (Å²) in [6.07, 6.45) is 3.52. The van der Waals surface area contributed by atoms with Crippen molar-refractivity contribution in [3.8, 4) is 0 Å². The zero-order chi connectivity index (χ0) is 22.4. The highest BCUT2D eigenvalue weighted by atomic mass is 35.5. The summed E-state index contributed by atoms with van der Waals surface area (Å²) in [6, 6.07) is 6.98. The Bertz CT molecular complexity index is 879. The molecule has 168 valence electrons. The number of likely N-dealkylation sites (tertiary alicyclic amines) is 2. The maximum Gasteiger partial charge on any atom is 0.321 e. The molecule has 8 heteroatoms. The normalized spacial score (nSPS) is 26.6. The number of carbonyl (C=O) groups excluding carboxylic acids is 3. The third-order valence-corrected chi connectivity index (χ3v) is 8.02. The Morgan fingerprint density at radius 2 is 1.68 bits per heavy atom. The molecule has 31 heavy (non-hydrogen) atoms. The number of hydrogen-bond donors (Lipinski definition) is 1. The van der Waals surface area contributed by atoms with E-state index < -0.39 is 5.41 Å². The second kappa shape index (κ2) is 8.01. The predicted octanol–water partition coefficient (Wildman–Crippen LogP) is 3.30. The van der Waals surface area contributed by atoms with Gasteiger partial charge >= 0.3 is 6.03 Å². The van der Waals surface area contributed by atoms with Crippen LogP contribution in [0.15, 0.2) is 24.3 Å². The van der Waals surface area contributed by atoms with E-state index >= 15 is 0 Å². The van der Waals surface area contributed by atoms with E-state index in [4.69, 9.17) is 11.6 Å².